The Morgan fingerprint density at radius 1 is 1.26 bits per heavy atom. The molecule has 1 aromatic carbocycles. The number of esters is 1. The number of hydrogen-bond donors (Lipinski definition) is 0. The van der Waals surface area contributed by atoms with Gasteiger partial charge in [-0.25, -0.2) is 4.79 Å². The van der Waals surface area contributed by atoms with E-state index in [0.717, 1.165) is 0 Å². The van der Waals surface area contributed by atoms with Crippen molar-refractivity contribution in [2.45, 2.75) is 13.2 Å². The van der Waals surface area contributed by atoms with Crippen molar-refractivity contribution in [1.29, 1.82) is 5.26 Å². The quantitative estimate of drug-likeness (QED) is 0.616. The lowest BCUT2D eigenvalue weighted by atomic mass is 10.2. The van der Waals surface area contributed by atoms with Crippen molar-refractivity contribution in [3.05, 3.63) is 65.5 Å². The van der Waals surface area contributed by atoms with Gasteiger partial charge in [-0.15, -0.1) is 0 Å². The van der Waals surface area contributed by atoms with Crippen LogP contribution in [0.15, 0.2) is 48.8 Å². The maximum absolute atomic E-state index is 12.4. The van der Waals surface area contributed by atoms with E-state index < -0.39 is 12.6 Å². The van der Waals surface area contributed by atoms with Gasteiger partial charge in [-0.3, -0.25) is 0 Å². The van der Waals surface area contributed by atoms with Crippen molar-refractivity contribution in [2.75, 3.05) is 7.11 Å². The molecule has 2 heterocycles. The zero-order chi connectivity index (χ0) is 19.4. The molecular formula is C19H14F2N2O4. The third kappa shape index (κ3) is 3.82. The van der Waals surface area contributed by atoms with Crippen LogP contribution in [0.3, 0.4) is 0 Å². The van der Waals surface area contributed by atoms with Crippen molar-refractivity contribution >= 4 is 11.5 Å². The van der Waals surface area contributed by atoms with Crippen molar-refractivity contribution in [2.24, 2.45) is 0 Å². The van der Waals surface area contributed by atoms with E-state index >= 15 is 0 Å². The van der Waals surface area contributed by atoms with E-state index in [1.807, 2.05) is 6.07 Å². The first-order chi connectivity index (χ1) is 13.0. The lowest BCUT2D eigenvalue weighted by Crippen LogP contribution is -2.08. The summed E-state index contributed by atoms with van der Waals surface area (Å²) in [4.78, 5) is 12.3. The molecule has 0 unspecified atom stereocenters. The van der Waals surface area contributed by atoms with E-state index in [2.05, 4.69) is 10.8 Å². The van der Waals surface area contributed by atoms with Crippen molar-refractivity contribution in [1.82, 2.24) is 4.40 Å². The van der Waals surface area contributed by atoms with Crippen LogP contribution in [0.5, 0.6) is 11.5 Å². The number of ether oxygens (including phenoxy) is 3. The summed E-state index contributed by atoms with van der Waals surface area (Å²) in [6, 6.07) is 11.3. The molecule has 0 aliphatic carbocycles. The van der Waals surface area contributed by atoms with Gasteiger partial charge in [0.15, 0.2) is 11.5 Å². The topological polar surface area (TPSA) is 73.0 Å². The van der Waals surface area contributed by atoms with Crippen LogP contribution in [-0.4, -0.2) is 24.1 Å². The first-order valence-electron chi connectivity index (χ1n) is 7.82. The number of pyridine rings is 1. The van der Waals surface area contributed by atoms with Crippen molar-refractivity contribution in [3.63, 3.8) is 0 Å². The molecule has 3 rings (SSSR count). The van der Waals surface area contributed by atoms with Gasteiger partial charge in [0, 0.05) is 18.0 Å². The molecular weight excluding hydrogens is 358 g/mol. The number of halogens is 2. The predicted molar refractivity (Wildman–Crippen MR) is 90.9 cm³/mol. The molecule has 3 aromatic rings. The number of carbonyl (C=O) groups is 1. The Balaban J connectivity index is 1.77. The number of nitriles is 1. The molecule has 2 aromatic heterocycles. The van der Waals surface area contributed by atoms with Crippen LogP contribution in [0, 0.1) is 11.3 Å². The molecule has 0 aliphatic rings. The summed E-state index contributed by atoms with van der Waals surface area (Å²) in [6.07, 6.45) is 3.50. The van der Waals surface area contributed by atoms with Crippen LogP contribution in [-0.2, 0) is 11.3 Å². The van der Waals surface area contributed by atoms with Crippen LogP contribution in [0.4, 0.5) is 8.78 Å². The van der Waals surface area contributed by atoms with Gasteiger partial charge in [0.2, 0.25) is 0 Å². The third-order valence-corrected chi connectivity index (χ3v) is 3.85. The van der Waals surface area contributed by atoms with E-state index in [1.54, 1.807) is 28.9 Å². The second-order valence-electron chi connectivity index (χ2n) is 5.45. The fourth-order valence-corrected chi connectivity index (χ4v) is 2.63. The number of methoxy groups -OCH3 is 1. The third-order valence-electron chi connectivity index (χ3n) is 3.85. The number of alkyl halides is 2. The van der Waals surface area contributed by atoms with Gasteiger partial charge in [0.25, 0.3) is 0 Å². The molecule has 0 bridgehead atoms. The summed E-state index contributed by atoms with van der Waals surface area (Å²) >= 11 is 0. The summed E-state index contributed by atoms with van der Waals surface area (Å²) < 4.78 is 41.0. The van der Waals surface area contributed by atoms with Crippen LogP contribution in [0.25, 0.3) is 5.52 Å². The smallest absolute Gasteiger partial charge is 0.387 e. The van der Waals surface area contributed by atoms with Crippen molar-refractivity contribution in [3.8, 4) is 17.6 Å². The molecule has 0 saturated heterocycles. The van der Waals surface area contributed by atoms with Crippen LogP contribution < -0.4 is 9.47 Å². The molecule has 0 fully saturated rings. The van der Waals surface area contributed by atoms with Gasteiger partial charge in [-0.05, 0) is 30.3 Å². The average Bonchev–Trinajstić information content (AvgIpc) is 3.03. The van der Waals surface area contributed by atoms with Gasteiger partial charge in [-0.2, -0.15) is 14.0 Å². The normalized spacial score (nSPS) is 10.6. The second-order valence-corrected chi connectivity index (χ2v) is 5.45. The molecule has 0 spiro atoms. The highest BCUT2D eigenvalue weighted by molar-refractivity contribution is 5.90. The Morgan fingerprint density at radius 2 is 2.07 bits per heavy atom. The molecule has 0 aliphatic heterocycles. The van der Waals surface area contributed by atoms with Gasteiger partial charge in [-0.1, -0.05) is 6.07 Å². The zero-order valence-electron chi connectivity index (χ0n) is 14.2. The fraction of sp³-hybridized carbons (Fsp3) is 0.158. The Bertz CT molecular complexity index is 1020. The van der Waals surface area contributed by atoms with Gasteiger partial charge >= 0.3 is 12.6 Å². The minimum atomic E-state index is -3.01. The number of nitrogens with zero attached hydrogens (tertiary/aromatic N) is 2. The van der Waals surface area contributed by atoms with E-state index in [1.165, 1.54) is 25.3 Å². The number of carbonyl (C=O) groups excluding carboxylic acids is 1. The molecule has 8 heteroatoms. The van der Waals surface area contributed by atoms with Gasteiger partial charge in [0.05, 0.1) is 23.8 Å². The van der Waals surface area contributed by atoms with Crippen LogP contribution >= 0.6 is 0 Å². The lowest BCUT2D eigenvalue weighted by Gasteiger charge is -2.11. The summed E-state index contributed by atoms with van der Waals surface area (Å²) in [7, 11) is 1.27. The highest BCUT2D eigenvalue weighted by Crippen LogP contribution is 2.30. The molecule has 6 nitrogen and oxygen atoms in total. The highest BCUT2D eigenvalue weighted by Gasteiger charge is 2.17. The van der Waals surface area contributed by atoms with Gasteiger partial charge in [0.1, 0.15) is 12.7 Å². The summed E-state index contributed by atoms with van der Waals surface area (Å²) in [6.45, 7) is -3.12. The molecule has 0 saturated carbocycles. The highest BCUT2D eigenvalue weighted by atomic mass is 19.3. The summed E-state index contributed by atoms with van der Waals surface area (Å²) in [5.74, 6) is -0.886. The van der Waals surface area contributed by atoms with Crippen molar-refractivity contribution < 1.29 is 27.8 Å². The standard InChI is InChI=1S/C19H14F2N2O4/c1-25-17-8-12(5-6-16(17)27-19(20)21)18(24)26-11-13-10-23-7-3-2-4-15(23)14(13)9-22/h2-8,10,19H,11H2,1H3. The number of hydrogen-bond acceptors (Lipinski definition) is 5. The van der Waals surface area contributed by atoms with E-state index in [4.69, 9.17) is 9.47 Å². The predicted octanol–water partition coefficient (Wildman–Crippen LogP) is 3.78. The monoisotopic (exact) mass is 372 g/mol. The summed E-state index contributed by atoms with van der Waals surface area (Å²) in [5, 5.41) is 9.36. The van der Waals surface area contributed by atoms with Crippen LogP contribution in [0.1, 0.15) is 21.5 Å². The SMILES string of the molecule is COc1cc(C(=O)OCc2cn3ccccc3c2C#N)ccc1OC(F)F. The number of benzene rings is 1. The molecule has 0 atom stereocenters. The molecule has 27 heavy (non-hydrogen) atoms. The molecule has 0 radical (unpaired) electrons. The second kappa shape index (κ2) is 7.74. The minimum Gasteiger partial charge on any atom is -0.493 e. The maximum atomic E-state index is 12.4. The maximum Gasteiger partial charge on any atom is 0.387 e. The Morgan fingerprint density at radius 3 is 2.78 bits per heavy atom. The minimum absolute atomic E-state index is 0.0166. The average molecular weight is 372 g/mol. The summed E-state index contributed by atoms with van der Waals surface area (Å²) in [5.41, 5.74) is 1.79. The Labute approximate surface area is 153 Å². The molecule has 138 valence electrons. The zero-order valence-corrected chi connectivity index (χ0v) is 14.2. The Kier molecular flexibility index (Phi) is 5.22. The number of rotatable bonds is 6. The number of fused-ring (bicyclic) bond motifs is 1. The van der Waals surface area contributed by atoms with E-state index in [0.29, 0.717) is 16.6 Å². The fourth-order valence-electron chi connectivity index (χ4n) is 2.63. The van der Waals surface area contributed by atoms with Gasteiger partial charge < -0.3 is 18.6 Å². The lowest BCUT2D eigenvalue weighted by molar-refractivity contribution is -0.0512. The first-order valence-corrected chi connectivity index (χ1v) is 7.82. The number of aromatic nitrogens is 1. The Hall–Kier alpha value is -3.60. The van der Waals surface area contributed by atoms with E-state index in [9.17, 15) is 18.8 Å². The first kappa shape index (κ1) is 18.2. The van der Waals surface area contributed by atoms with Crippen LogP contribution in [0.2, 0.25) is 0 Å². The largest absolute Gasteiger partial charge is 0.493 e. The molecule has 0 N–H and O–H groups in total. The molecule has 0 amide bonds. The van der Waals surface area contributed by atoms with E-state index in [-0.39, 0.29) is 23.7 Å².